The number of aromatic amines is 1. The lowest BCUT2D eigenvalue weighted by molar-refractivity contribution is -0.129. The normalized spacial score (nSPS) is 18.3. The second kappa shape index (κ2) is 9.24. The number of hydrogen-bond acceptors (Lipinski definition) is 5. The fourth-order valence-electron chi connectivity index (χ4n) is 5.12. The Bertz CT molecular complexity index is 1320. The average molecular weight is 491 g/mol. The molecule has 2 aliphatic heterocycles. The summed E-state index contributed by atoms with van der Waals surface area (Å²) in [6, 6.07) is 6.21. The number of nitrogens with zero attached hydrogens (tertiary/aromatic N) is 3. The van der Waals surface area contributed by atoms with Gasteiger partial charge in [0.05, 0.1) is 19.3 Å². The average Bonchev–Trinajstić information content (AvgIpc) is 3.22. The summed E-state index contributed by atoms with van der Waals surface area (Å²) in [7, 11) is 0. The molecule has 1 N–H and O–H groups in total. The van der Waals surface area contributed by atoms with Crippen LogP contribution in [-0.4, -0.2) is 63.7 Å². The summed E-state index contributed by atoms with van der Waals surface area (Å²) >= 11 is 0. The SMILES string of the molecule is CC(=O)N1CCc2cc(-c3cnc4[nH]cc(C)c4c3)cc(C3COCCN3C(=O)OC(C)(C)C)c2C1. The first-order valence-corrected chi connectivity index (χ1v) is 12.5. The Balaban J connectivity index is 1.62. The summed E-state index contributed by atoms with van der Waals surface area (Å²) in [6.45, 7) is 11.8. The predicted octanol–water partition coefficient (Wildman–Crippen LogP) is 4.75. The topological polar surface area (TPSA) is 87.8 Å². The first-order valence-electron chi connectivity index (χ1n) is 12.5. The standard InChI is InChI=1S/C28H34N4O4/c1-17-13-29-26-22(17)12-21(14-30-26)20-10-19-6-7-31(18(2)33)15-24(19)23(11-20)25-16-35-9-8-32(25)27(34)36-28(3,4)5/h10-14,25H,6-9,15-16H2,1-5H3,(H,29,30). The van der Waals surface area contributed by atoms with Gasteiger partial charge in [0.2, 0.25) is 5.91 Å². The molecule has 2 amide bonds. The molecule has 0 radical (unpaired) electrons. The van der Waals surface area contributed by atoms with E-state index in [1.54, 1.807) is 11.8 Å². The molecular weight excluding hydrogens is 456 g/mol. The number of aryl methyl sites for hydroxylation is 1. The number of benzene rings is 1. The molecule has 0 saturated carbocycles. The first kappa shape index (κ1) is 24.3. The van der Waals surface area contributed by atoms with Crippen LogP contribution in [0.1, 0.15) is 56.0 Å². The van der Waals surface area contributed by atoms with Gasteiger partial charge in [-0.3, -0.25) is 9.69 Å². The highest BCUT2D eigenvalue weighted by molar-refractivity contribution is 5.85. The van der Waals surface area contributed by atoms with E-state index in [2.05, 4.69) is 35.1 Å². The molecule has 1 atom stereocenters. The summed E-state index contributed by atoms with van der Waals surface area (Å²) in [6.07, 6.45) is 4.26. The minimum Gasteiger partial charge on any atom is -0.444 e. The Labute approximate surface area is 211 Å². The lowest BCUT2D eigenvalue weighted by Crippen LogP contribution is -2.46. The first-order chi connectivity index (χ1) is 17.1. The zero-order valence-electron chi connectivity index (χ0n) is 21.7. The van der Waals surface area contributed by atoms with Crippen LogP contribution in [0, 0.1) is 6.92 Å². The van der Waals surface area contributed by atoms with Gasteiger partial charge in [-0.05, 0) is 74.1 Å². The Morgan fingerprint density at radius 3 is 2.72 bits per heavy atom. The van der Waals surface area contributed by atoms with Crippen molar-refractivity contribution in [2.24, 2.45) is 0 Å². The number of carbonyl (C=O) groups is 2. The second-order valence-corrected chi connectivity index (χ2v) is 10.8. The van der Waals surface area contributed by atoms with Crippen molar-refractivity contribution in [3.63, 3.8) is 0 Å². The lowest BCUT2D eigenvalue weighted by Gasteiger charge is -2.39. The van der Waals surface area contributed by atoms with E-state index >= 15 is 0 Å². The van der Waals surface area contributed by atoms with E-state index in [-0.39, 0.29) is 18.0 Å². The van der Waals surface area contributed by atoms with Crippen molar-refractivity contribution in [1.82, 2.24) is 19.8 Å². The van der Waals surface area contributed by atoms with E-state index in [4.69, 9.17) is 9.47 Å². The van der Waals surface area contributed by atoms with Crippen molar-refractivity contribution < 1.29 is 19.1 Å². The number of pyridine rings is 1. The van der Waals surface area contributed by atoms with Gasteiger partial charge in [0, 0.05) is 49.9 Å². The van der Waals surface area contributed by atoms with Gasteiger partial charge >= 0.3 is 6.09 Å². The number of nitrogens with one attached hydrogen (secondary N) is 1. The molecule has 3 aromatic rings. The molecule has 2 aliphatic rings. The van der Waals surface area contributed by atoms with Gasteiger partial charge in [0.1, 0.15) is 11.2 Å². The van der Waals surface area contributed by atoms with Crippen molar-refractivity contribution in [3.05, 3.63) is 52.8 Å². The zero-order valence-corrected chi connectivity index (χ0v) is 21.7. The summed E-state index contributed by atoms with van der Waals surface area (Å²) in [5, 5.41) is 1.09. The molecule has 1 saturated heterocycles. The molecule has 5 rings (SSSR count). The molecule has 0 aliphatic carbocycles. The number of morpholine rings is 1. The van der Waals surface area contributed by atoms with Gasteiger partial charge in [-0.25, -0.2) is 9.78 Å². The van der Waals surface area contributed by atoms with Crippen LogP contribution >= 0.6 is 0 Å². The molecule has 36 heavy (non-hydrogen) atoms. The van der Waals surface area contributed by atoms with Gasteiger partial charge in [-0.1, -0.05) is 6.07 Å². The Hall–Kier alpha value is -3.39. The number of rotatable bonds is 2. The Kier molecular flexibility index (Phi) is 6.24. The van der Waals surface area contributed by atoms with E-state index in [1.807, 2.05) is 38.1 Å². The van der Waals surface area contributed by atoms with Crippen LogP contribution in [0.15, 0.2) is 30.6 Å². The van der Waals surface area contributed by atoms with Crippen molar-refractivity contribution in [1.29, 1.82) is 0 Å². The van der Waals surface area contributed by atoms with Gasteiger partial charge in [0.25, 0.3) is 0 Å². The minimum atomic E-state index is -0.595. The summed E-state index contributed by atoms with van der Waals surface area (Å²) in [5.74, 6) is 0.0529. The molecule has 190 valence electrons. The van der Waals surface area contributed by atoms with E-state index in [9.17, 15) is 9.59 Å². The molecule has 0 bridgehead atoms. The van der Waals surface area contributed by atoms with Crippen molar-refractivity contribution in [2.75, 3.05) is 26.3 Å². The fraction of sp³-hybridized carbons (Fsp3) is 0.464. The van der Waals surface area contributed by atoms with Gasteiger partial charge in [-0.15, -0.1) is 0 Å². The third kappa shape index (κ3) is 4.69. The number of carbonyl (C=O) groups excluding carboxylic acids is 2. The fourth-order valence-corrected chi connectivity index (χ4v) is 5.12. The van der Waals surface area contributed by atoms with Crippen LogP contribution in [0.2, 0.25) is 0 Å². The van der Waals surface area contributed by atoms with E-state index < -0.39 is 5.60 Å². The third-order valence-electron chi connectivity index (χ3n) is 7.01. The van der Waals surface area contributed by atoms with Crippen molar-refractivity contribution >= 4 is 23.0 Å². The van der Waals surface area contributed by atoms with Crippen molar-refractivity contribution in [2.45, 2.75) is 59.2 Å². The molecule has 1 aromatic carbocycles. The van der Waals surface area contributed by atoms with Crippen molar-refractivity contribution in [3.8, 4) is 11.1 Å². The van der Waals surface area contributed by atoms with Gasteiger partial charge < -0.3 is 19.4 Å². The minimum absolute atomic E-state index is 0.0529. The maximum Gasteiger partial charge on any atom is 0.410 e. The molecule has 4 heterocycles. The summed E-state index contributed by atoms with van der Waals surface area (Å²) in [5.41, 5.74) is 6.77. The number of ether oxygens (including phenoxy) is 2. The third-order valence-corrected chi connectivity index (χ3v) is 7.01. The number of amides is 2. The van der Waals surface area contributed by atoms with Gasteiger partial charge in [0.15, 0.2) is 0 Å². The quantitative estimate of drug-likeness (QED) is 0.560. The van der Waals surface area contributed by atoms with Gasteiger partial charge in [-0.2, -0.15) is 0 Å². The monoisotopic (exact) mass is 490 g/mol. The number of hydrogen-bond donors (Lipinski definition) is 1. The number of fused-ring (bicyclic) bond motifs is 2. The highest BCUT2D eigenvalue weighted by Crippen LogP contribution is 2.37. The molecule has 1 unspecified atom stereocenters. The van der Waals surface area contributed by atoms with Crippen LogP contribution in [0.4, 0.5) is 4.79 Å². The van der Waals surface area contributed by atoms with Crippen LogP contribution in [0.5, 0.6) is 0 Å². The van der Waals surface area contributed by atoms with Crippen LogP contribution < -0.4 is 0 Å². The van der Waals surface area contributed by atoms with E-state index in [0.29, 0.717) is 32.8 Å². The van der Waals surface area contributed by atoms with Crippen LogP contribution in [0.25, 0.3) is 22.2 Å². The van der Waals surface area contributed by atoms with E-state index in [1.165, 1.54) is 5.56 Å². The zero-order chi connectivity index (χ0) is 25.6. The predicted molar refractivity (Wildman–Crippen MR) is 138 cm³/mol. The van der Waals surface area contributed by atoms with Crippen LogP contribution in [-0.2, 0) is 27.2 Å². The number of aromatic nitrogens is 2. The number of H-pyrrole nitrogens is 1. The maximum absolute atomic E-state index is 13.2. The molecule has 2 aromatic heterocycles. The smallest absolute Gasteiger partial charge is 0.410 e. The summed E-state index contributed by atoms with van der Waals surface area (Å²) < 4.78 is 11.6. The largest absolute Gasteiger partial charge is 0.444 e. The van der Waals surface area contributed by atoms with Crippen LogP contribution in [0.3, 0.4) is 0 Å². The second-order valence-electron chi connectivity index (χ2n) is 10.8. The molecule has 8 heteroatoms. The van der Waals surface area contributed by atoms with E-state index in [0.717, 1.165) is 45.3 Å². The molecule has 1 fully saturated rings. The summed E-state index contributed by atoms with van der Waals surface area (Å²) in [4.78, 5) is 37.0. The molecular formula is C28H34N4O4. The highest BCUT2D eigenvalue weighted by atomic mass is 16.6. The lowest BCUT2D eigenvalue weighted by atomic mass is 9.87. The molecule has 0 spiro atoms. The maximum atomic E-state index is 13.2. The highest BCUT2D eigenvalue weighted by Gasteiger charge is 2.35. The Morgan fingerprint density at radius 2 is 1.97 bits per heavy atom. The molecule has 8 nitrogen and oxygen atoms in total. The Morgan fingerprint density at radius 1 is 1.17 bits per heavy atom.